The molecule has 0 radical (unpaired) electrons. The van der Waals surface area contributed by atoms with Crippen LogP contribution in [0.2, 0.25) is 0 Å². The van der Waals surface area contributed by atoms with Crippen LogP contribution in [-0.4, -0.2) is 32.4 Å². The van der Waals surface area contributed by atoms with Crippen LogP contribution in [0.4, 0.5) is 0 Å². The number of hydrogen-bond acceptors (Lipinski definition) is 3. The molecule has 1 N–H and O–H groups in total. The Morgan fingerprint density at radius 1 is 1.16 bits per heavy atom. The van der Waals surface area contributed by atoms with E-state index in [1.165, 1.54) is 25.7 Å². The summed E-state index contributed by atoms with van der Waals surface area (Å²) in [6.45, 7) is 1.76. The van der Waals surface area contributed by atoms with E-state index in [2.05, 4.69) is 5.32 Å². The normalized spacial score (nSPS) is 23.2. The molecule has 2 rings (SSSR count). The summed E-state index contributed by atoms with van der Waals surface area (Å²) < 4.78 is 11.2. The zero-order valence-corrected chi connectivity index (χ0v) is 11.8. The van der Waals surface area contributed by atoms with Crippen LogP contribution < -0.4 is 10.1 Å². The van der Waals surface area contributed by atoms with E-state index in [-0.39, 0.29) is 0 Å². The lowest BCUT2D eigenvalue weighted by molar-refractivity contribution is 0.0416. The minimum atomic E-state index is 0.392. The molecule has 1 aliphatic carbocycles. The standard InChI is InChI=1S/C16H25NO2/c1-18-16-11-6-5-10-15(16)17-12-7-13-19-14-8-3-2-4-9-14/h2-4,8-9,15-17H,5-7,10-13H2,1H3. The molecule has 0 amide bonds. The summed E-state index contributed by atoms with van der Waals surface area (Å²) in [5.74, 6) is 0.954. The molecule has 1 aromatic carbocycles. The lowest BCUT2D eigenvalue weighted by atomic mass is 9.92. The fourth-order valence-corrected chi connectivity index (χ4v) is 2.68. The van der Waals surface area contributed by atoms with Crippen molar-refractivity contribution in [2.45, 2.75) is 44.2 Å². The van der Waals surface area contributed by atoms with Gasteiger partial charge in [0, 0.05) is 13.2 Å². The predicted octanol–water partition coefficient (Wildman–Crippen LogP) is 3.00. The van der Waals surface area contributed by atoms with Crippen molar-refractivity contribution in [1.82, 2.24) is 5.32 Å². The second-order valence-electron chi connectivity index (χ2n) is 5.13. The maximum Gasteiger partial charge on any atom is 0.119 e. The molecule has 0 heterocycles. The molecule has 106 valence electrons. The van der Waals surface area contributed by atoms with E-state index in [1.807, 2.05) is 37.4 Å². The molecule has 3 nitrogen and oxygen atoms in total. The van der Waals surface area contributed by atoms with Crippen molar-refractivity contribution in [3.8, 4) is 5.75 Å². The van der Waals surface area contributed by atoms with Crippen LogP contribution in [0, 0.1) is 0 Å². The minimum Gasteiger partial charge on any atom is -0.494 e. The molecule has 2 atom stereocenters. The number of rotatable bonds is 7. The van der Waals surface area contributed by atoms with Crippen molar-refractivity contribution in [2.24, 2.45) is 0 Å². The number of methoxy groups -OCH3 is 1. The number of nitrogens with one attached hydrogen (secondary N) is 1. The van der Waals surface area contributed by atoms with Gasteiger partial charge in [-0.25, -0.2) is 0 Å². The Morgan fingerprint density at radius 3 is 2.74 bits per heavy atom. The highest BCUT2D eigenvalue weighted by Crippen LogP contribution is 2.20. The molecule has 1 aliphatic rings. The van der Waals surface area contributed by atoms with Crippen molar-refractivity contribution in [1.29, 1.82) is 0 Å². The summed E-state index contributed by atoms with van der Waals surface area (Å²) in [4.78, 5) is 0. The first kappa shape index (κ1) is 14.4. The van der Waals surface area contributed by atoms with Crippen molar-refractivity contribution in [3.63, 3.8) is 0 Å². The van der Waals surface area contributed by atoms with Crippen LogP contribution in [-0.2, 0) is 4.74 Å². The lowest BCUT2D eigenvalue weighted by Crippen LogP contribution is -2.43. The quantitative estimate of drug-likeness (QED) is 0.767. The third-order valence-corrected chi connectivity index (χ3v) is 3.74. The predicted molar refractivity (Wildman–Crippen MR) is 77.6 cm³/mol. The Balaban J connectivity index is 1.58. The molecule has 0 saturated heterocycles. The molecule has 3 heteroatoms. The van der Waals surface area contributed by atoms with Gasteiger partial charge in [0.15, 0.2) is 0 Å². The van der Waals surface area contributed by atoms with Gasteiger partial charge in [0.05, 0.1) is 12.7 Å². The molecule has 19 heavy (non-hydrogen) atoms. The second kappa shape index (κ2) is 8.18. The van der Waals surface area contributed by atoms with Crippen LogP contribution in [0.1, 0.15) is 32.1 Å². The molecular weight excluding hydrogens is 238 g/mol. The first-order valence-electron chi connectivity index (χ1n) is 7.34. The summed E-state index contributed by atoms with van der Waals surface area (Å²) in [6, 6.07) is 10.5. The molecule has 1 saturated carbocycles. The van der Waals surface area contributed by atoms with Gasteiger partial charge in [-0.3, -0.25) is 0 Å². The van der Waals surface area contributed by atoms with E-state index in [1.54, 1.807) is 0 Å². The Labute approximate surface area is 116 Å². The largest absolute Gasteiger partial charge is 0.494 e. The zero-order valence-electron chi connectivity index (χ0n) is 11.8. The molecule has 0 aliphatic heterocycles. The Kier molecular flexibility index (Phi) is 6.18. The number of benzene rings is 1. The average Bonchev–Trinajstić information content (AvgIpc) is 2.48. The van der Waals surface area contributed by atoms with Crippen LogP contribution in [0.15, 0.2) is 30.3 Å². The van der Waals surface area contributed by atoms with Crippen LogP contribution in [0.5, 0.6) is 5.75 Å². The third-order valence-electron chi connectivity index (χ3n) is 3.74. The summed E-state index contributed by atoms with van der Waals surface area (Å²) in [5.41, 5.74) is 0. The number of hydrogen-bond donors (Lipinski definition) is 1. The highest BCUT2D eigenvalue weighted by molar-refractivity contribution is 5.20. The average molecular weight is 263 g/mol. The van der Waals surface area contributed by atoms with E-state index in [4.69, 9.17) is 9.47 Å². The second-order valence-corrected chi connectivity index (χ2v) is 5.13. The first-order chi connectivity index (χ1) is 9.40. The van der Waals surface area contributed by atoms with E-state index < -0.39 is 0 Å². The molecule has 2 unspecified atom stereocenters. The highest BCUT2D eigenvalue weighted by atomic mass is 16.5. The van der Waals surface area contributed by atoms with Crippen molar-refractivity contribution < 1.29 is 9.47 Å². The fourth-order valence-electron chi connectivity index (χ4n) is 2.68. The van der Waals surface area contributed by atoms with Gasteiger partial charge < -0.3 is 14.8 Å². The summed E-state index contributed by atoms with van der Waals surface area (Å²) in [6.07, 6.45) is 6.46. The molecule has 1 aromatic rings. The van der Waals surface area contributed by atoms with Gasteiger partial charge in [-0.2, -0.15) is 0 Å². The van der Waals surface area contributed by atoms with Gasteiger partial charge in [-0.05, 0) is 37.9 Å². The maximum absolute atomic E-state index is 5.68. The summed E-state index contributed by atoms with van der Waals surface area (Å²) in [7, 11) is 1.82. The van der Waals surface area contributed by atoms with Crippen molar-refractivity contribution >= 4 is 0 Å². The monoisotopic (exact) mass is 263 g/mol. The Bertz CT molecular complexity index is 342. The molecule has 0 bridgehead atoms. The van der Waals surface area contributed by atoms with Gasteiger partial charge in [-0.1, -0.05) is 31.0 Å². The van der Waals surface area contributed by atoms with Gasteiger partial charge in [-0.15, -0.1) is 0 Å². The fraction of sp³-hybridized carbons (Fsp3) is 0.625. The topological polar surface area (TPSA) is 30.5 Å². The van der Waals surface area contributed by atoms with E-state index in [0.29, 0.717) is 12.1 Å². The maximum atomic E-state index is 5.68. The van der Waals surface area contributed by atoms with Gasteiger partial charge in [0.25, 0.3) is 0 Å². The third kappa shape index (κ3) is 4.84. The smallest absolute Gasteiger partial charge is 0.119 e. The molecule has 0 spiro atoms. The highest BCUT2D eigenvalue weighted by Gasteiger charge is 2.23. The zero-order chi connectivity index (χ0) is 13.3. The molecule has 0 aromatic heterocycles. The van der Waals surface area contributed by atoms with Gasteiger partial charge >= 0.3 is 0 Å². The van der Waals surface area contributed by atoms with Crippen molar-refractivity contribution in [2.75, 3.05) is 20.3 Å². The Morgan fingerprint density at radius 2 is 1.95 bits per heavy atom. The lowest BCUT2D eigenvalue weighted by Gasteiger charge is -2.31. The minimum absolute atomic E-state index is 0.392. The first-order valence-corrected chi connectivity index (χ1v) is 7.34. The SMILES string of the molecule is COC1CCCCC1NCCCOc1ccccc1. The number of ether oxygens (including phenoxy) is 2. The van der Waals surface area contributed by atoms with E-state index in [0.717, 1.165) is 25.3 Å². The van der Waals surface area contributed by atoms with E-state index in [9.17, 15) is 0 Å². The Hall–Kier alpha value is -1.06. The van der Waals surface area contributed by atoms with Crippen molar-refractivity contribution in [3.05, 3.63) is 30.3 Å². The molecule has 1 fully saturated rings. The van der Waals surface area contributed by atoms with Gasteiger partial charge in [0.1, 0.15) is 5.75 Å². The summed E-state index contributed by atoms with van der Waals surface area (Å²) in [5, 5.41) is 3.60. The number of para-hydroxylation sites is 1. The summed E-state index contributed by atoms with van der Waals surface area (Å²) >= 11 is 0. The molecular formula is C16H25NO2. The van der Waals surface area contributed by atoms with Gasteiger partial charge in [0.2, 0.25) is 0 Å². The van der Waals surface area contributed by atoms with Crippen LogP contribution >= 0.6 is 0 Å². The van der Waals surface area contributed by atoms with Crippen LogP contribution in [0.25, 0.3) is 0 Å². The van der Waals surface area contributed by atoms with Crippen LogP contribution in [0.3, 0.4) is 0 Å². The van der Waals surface area contributed by atoms with E-state index >= 15 is 0 Å².